The Morgan fingerprint density at radius 3 is 2.67 bits per heavy atom. The Bertz CT molecular complexity index is 637. The van der Waals surface area contributed by atoms with Gasteiger partial charge in [0.25, 0.3) is 0 Å². The van der Waals surface area contributed by atoms with Gasteiger partial charge < -0.3 is 10.0 Å². The number of thiophene rings is 2. The van der Waals surface area contributed by atoms with Crippen LogP contribution < -0.4 is 4.90 Å². The highest BCUT2D eigenvalue weighted by atomic mass is 32.1. The highest BCUT2D eigenvalue weighted by molar-refractivity contribution is 7.17. The molecule has 3 heterocycles. The van der Waals surface area contributed by atoms with Crippen molar-refractivity contribution < 1.29 is 9.90 Å². The van der Waals surface area contributed by atoms with Crippen LogP contribution in [0.15, 0.2) is 29.6 Å². The Hall–Kier alpha value is -1.59. The number of aliphatic carboxylic acids is 1. The first-order valence-corrected chi connectivity index (χ1v) is 8.77. The van der Waals surface area contributed by atoms with Gasteiger partial charge in [0.15, 0.2) is 0 Å². The van der Waals surface area contributed by atoms with Crippen LogP contribution in [0.25, 0.3) is 11.6 Å². The van der Waals surface area contributed by atoms with Crippen molar-refractivity contribution >= 4 is 45.3 Å². The molecule has 2 aromatic rings. The van der Waals surface area contributed by atoms with E-state index in [-0.39, 0.29) is 0 Å². The van der Waals surface area contributed by atoms with Gasteiger partial charge in [0.2, 0.25) is 0 Å². The van der Waals surface area contributed by atoms with Crippen LogP contribution in [-0.4, -0.2) is 24.2 Å². The van der Waals surface area contributed by atoms with Crippen LogP contribution >= 0.6 is 22.7 Å². The number of nitrogens with zero attached hydrogens (tertiary/aromatic N) is 1. The van der Waals surface area contributed by atoms with Crippen molar-refractivity contribution in [3.05, 3.63) is 39.4 Å². The Morgan fingerprint density at radius 1 is 1.19 bits per heavy atom. The van der Waals surface area contributed by atoms with Gasteiger partial charge in [-0.2, -0.15) is 0 Å². The molecule has 110 valence electrons. The molecule has 0 aromatic carbocycles. The van der Waals surface area contributed by atoms with Crippen molar-refractivity contribution in [2.75, 3.05) is 18.0 Å². The van der Waals surface area contributed by atoms with Crippen LogP contribution in [0.4, 0.5) is 5.00 Å². The van der Waals surface area contributed by atoms with Crippen molar-refractivity contribution in [2.24, 2.45) is 0 Å². The van der Waals surface area contributed by atoms with Gasteiger partial charge in [-0.1, -0.05) is 6.07 Å². The summed E-state index contributed by atoms with van der Waals surface area (Å²) >= 11 is 3.13. The second-order valence-electron chi connectivity index (χ2n) is 5.06. The molecule has 0 amide bonds. The summed E-state index contributed by atoms with van der Waals surface area (Å²) < 4.78 is 0. The number of piperidine rings is 1. The van der Waals surface area contributed by atoms with Crippen LogP contribution in [0.1, 0.15) is 29.0 Å². The van der Waals surface area contributed by atoms with Gasteiger partial charge in [0.05, 0.1) is 10.6 Å². The number of hydrogen-bond acceptors (Lipinski definition) is 4. The number of rotatable bonds is 4. The summed E-state index contributed by atoms with van der Waals surface area (Å²) in [7, 11) is 0. The van der Waals surface area contributed by atoms with Gasteiger partial charge in [-0.05, 0) is 48.9 Å². The predicted octanol–water partition coefficient (Wildman–Crippen LogP) is 4.43. The fraction of sp³-hybridized carbons (Fsp3) is 0.312. The van der Waals surface area contributed by atoms with Crippen LogP contribution in [0, 0.1) is 0 Å². The third-order valence-corrected chi connectivity index (χ3v) is 5.58. The van der Waals surface area contributed by atoms with Crippen molar-refractivity contribution in [1.82, 2.24) is 0 Å². The van der Waals surface area contributed by atoms with E-state index in [2.05, 4.69) is 11.0 Å². The Balaban J connectivity index is 1.84. The fourth-order valence-electron chi connectivity index (χ4n) is 2.52. The standard InChI is InChI=1S/C16H17NO2S2/c18-16(19)13(14-5-4-10-20-14)11-12-6-7-15(21-12)17-8-2-1-3-9-17/h4-7,10-11H,1-3,8-9H2,(H,18,19)/b13-11-. The third kappa shape index (κ3) is 3.36. The molecule has 0 radical (unpaired) electrons. The van der Waals surface area contributed by atoms with E-state index in [0.717, 1.165) is 22.8 Å². The molecule has 1 fully saturated rings. The summed E-state index contributed by atoms with van der Waals surface area (Å²) in [6, 6.07) is 7.86. The van der Waals surface area contributed by atoms with Crippen molar-refractivity contribution in [3.63, 3.8) is 0 Å². The SMILES string of the molecule is O=C(O)/C(=C\c1ccc(N2CCCCC2)s1)c1cccs1. The minimum Gasteiger partial charge on any atom is -0.478 e. The van der Waals surface area contributed by atoms with E-state index in [1.165, 1.54) is 35.6 Å². The average Bonchev–Trinajstić information content (AvgIpc) is 3.17. The molecule has 0 saturated carbocycles. The predicted molar refractivity (Wildman–Crippen MR) is 90.2 cm³/mol. The van der Waals surface area contributed by atoms with Gasteiger partial charge in [0.1, 0.15) is 0 Å². The number of carboxylic acids is 1. The molecule has 3 nitrogen and oxygen atoms in total. The first-order chi connectivity index (χ1) is 10.2. The molecule has 0 unspecified atom stereocenters. The van der Waals surface area contributed by atoms with Crippen LogP contribution in [-0.2, 0) is 4.79 Å². The van der Waals surface area contributed by atoms with Crippen molar-refractivity contribution in [1.29, 1.82) is 0 Å². The summed E-state index contributed by atoms with van der Waals surface area (Å²) in [4.78, 5) is 15.6. The number of hydrogen-bond donors (Lipinski definition) is 1. The Kier molecular flexibility index (Phi) is 4.41. The second-order valence-corrected chi connectivity index (χ2v) is 7.11. The first kappa shape index (κ1) is 14.4. The van der Waals surface area contributed by atoms with E-state index < -0.39 is 5.97 Å². The number of carboxylic acid groups (broad SMARTS) is 1. The minimum absolute atomic E-state index is 0.372. The molecular weight excluding hydrogens is 302 g/mol. The third-order valence-electron chi connectivity index (χ3n) is 3.58. The van der Waals surface area contributed by atoms with E-state index in [9.17, 15) is 9.90 Å². The van der Waals surface area contributed by atoms with Gasteiger partial charge in [-0.3, -0.25) is 0 Å². The smallest absolute Gasteiger partial charge is 0.337 e. The van der Waals surface area contributed by atoms with E-state index >= 15 is 0 Å². The maximum Gasteiger partial charge on any atom is 0.337 e. The van der Waals surface area contributed by atoms with Crippen molar-refractivity contribution in [2.45, 2.75) is 19.3 Å². The van der Waals surface area contributed by atoms with Gasteiger partial charge in [-0.15, -0.1) is 22.7 Å². The summed E-state index contributed by atoms with van der Waals surface area (Å²) in [5.41, 5.74) is 0.372. The largest absolute Gasteiger partial charge is 0.478 e. The monoisotopic (exact) mass is 319 g/mol. The second kappa shape index (κ2) is 6.45. The summed E-state index contributed by atoms with van der Waals surface area (Å²) in [5.74, 6) is -0.870. The molecule has 5 heteroatoms. The molecular formula is C16H17NO2S2. The zero-order chi connectivity index (χ0) is 14.7. The highest BCUT2D eigenvalue weighted by Gasteiger charge is 2.15. The summed E-state index contributed by atoms with van der Waals surface area (Å²) in [5, 5.41) is 12.5. The van der Waals surface area contributed by atoms with Crippen molar-refractivity contribution in [3.8, 4) is 0 Å². The van der Waals surface area contributed by atoms with E-state index in [4.69, 9.17) is 0 Å². The molecule has 0 bridgehead atoms. The minimum atomic E-state index is -0.870. The topological polar surface area (TPSA) is 40.5 Å². The lowest BCUT2D eigenvalue weighted by Gasteiger charge is -2.27. The van der Waals surface area contributed by atoms with Gasteiger partial charge >= 0.3 is 5.97 Å². The lowest BCUT2D eigenvalue weighted by molar-refractivity contribution is -0.130. The zero-order valence-electron chi connectivity index (χ0n) is 11.6. The summed E-state index contributed by atoms with van der Waals surface area (Å²) in [6.45, 7) is 2.22. The molecule has 3 rings (SSSR count). The Labute approximate surface area is 132 Å². The molecule has 0 atom stereocenters. The number of anilines is 1. The lowest BCUT2D eigenvalue weighted by Crippen LogP contribution is -2.28. The van der Waals surface area contributed by atoms with Gasteiger partial charge in [0, 0.05) is 22.8 Å². The van der Waals surface area contributed by atoms with Crippen LogP contribution in [0.3, 0.4) is 0 Å². The maximum absolute atomic E-state index is 11.4. The van der Waals surface area contributed by atoms with Crippen LogP contribution in [0.2, 0.25) is 0 Å². The molecule has 2 aromatic heterocycles. The average molecular weight is 319 g/mol. The number of carbonyl (C=O) groups is 1. The normalized spacial score (nSPS) is 16.2. The molecule has 0 aliphatic carbocycles. The molecule has 1 aliphatic rings. The summed E-state index contributed by atoms with van der Waals surface area (Å²) in [6.07, 6.45) is 5.60. The first-order valence-electron chi connectivity index (χ1n) is 7.08. The highest BCUT2D eigenvalue weighted by Crippen LogP contribution is 2.32. The fourth-order valence-corrected chi connectivity index (χ4v) is 4.25. The molecule has 1 aliphatic heterocycles. The van der Waals surface area contributed by atoms with Gasteiger partial charge in [-0.25, -0.2) is 4.79 Å². The van der Waals surface area contributed by atoms with E-state index in [1.807, 2.05) is 23.6 Å². The Morgan fingerprint density at radius 2 is 2.00 bits per heavy atom. The molecule has 1 N–H and O–H groups in total. The molecule has 21 heavy (non-hydrogen) atoms. The quantitative estimate of drug-likeness (QED) is 0.848. The van der Waals surface area contributed by atoms with E-state index in [1.54, 1.807) is 17.4 Å². The zero-order valence-corrected chi connectivity index (χ0v) is 13.3. The van der Waals surface area contributed by atoms with Crippen LogP contribution in [0.5, 0.6) is 0 Å². The molecule has 1 saturated heterocycles. The molecule has 0 spiro atoms. The lowest BCUT2D eigenvalue weighted by atomic mass is 10.1. The maximum atomic E-state index is 11.4. The van der Waals surface area contributed by atoms with E-state index in [0.29, 0.717) is 5.57 Å².